The number of anilines is 1. The molecule has 1 aliphatic heterocycles. The molecule has 0 atom stereocenters. The molecule has 0 spiro atoms. The highest BCUT2D eigenvalue weighted by Crippen LogP contribution is 2.29. The smallest absolute Gasteiger partial charge is 0.166 e. The second kappa shape index (κ2) is 4.14. The standard InChI is InChI=1S/C12H13BrN4/c13-8-4-5-9(10(14)7-8)12-16-15-11-3-1-2-6-17(11)12/h4-5,7H,1-3,6,14H2. The van der Waals surface area contributed by atoms with Gasteiger partial charge in [0.25, 0.3) is 0 Å². The van der Waals surface area contributed by atoms with Gasteiger partial charge in [0.2, 0.25) is 0 Å². The Kier molecular flexibility index (Phi) is 2.63. The molecule has 0 bridgehead atoms. The summed E-state index contributed by atoms with van der Waals surface area (Å²) in [7, 11) is 0. The molecule has 2 heterocycles. The van der Waals surface area contributed by atoms with Crippen molar-refractivity contribution in [3.8, 4) is 11.4 Å². The van der Waals surface area contributed by atoms with Crippen molar-refractivity contribution in [1.29, 1.82) is 0 Å². The van der Waals surface area contributed by atoms with Crippen molar-refractivity contribution in [3.63, 3.8) is 0 Å². The number of hydrogen-bond acceptors (Lipinski definition) is 3. The monoisotopic (exact) mass is 292 g/mol. The van der Waals surface area contributed by atoms with Gasteiger partial charge in [-0.05, 0) is 31.0 Å². The molecule has 88 valence electrons. The highest BCUT2D eigenvalue weighted by molar-refractivity contribution is 9.10. The molecule has 1 aromatic carbocycles. The zero-order chi connectivity index (χ0) is 11.8. The quantitative estimate of drug-likeness (QED) is 0.822. The fraction of sp³-hybridized carbons (Fsp3) is 0.333. The second-order valence-corrected chi connectivity index (χ2v) is 5.20. The van der Waals surface area contributed by atoms with Crippen molar-refractivity contribution in [2.75, 3.05) is 5.73 Å². The van der Waals surface area contributed by atoms with E-state index in [9.17, 15) is 0 Å². The Bertz CT molecular complexity index is 562. The van der Waals surface area contributed by atoms with Crippen LogP contribution in [-0.2, 0) is 13.0 Å². The van der Waals surface area contributed by atoms with Crippen LogP contribution in [0.1, 0.15) is 18.7 Å². The summed E-state index contributed by atoms with van der Waals surface area (Å²) in [4.78, 5) is 0. The zero-order valence-electron chi connectivity index (χ0n) is 9.36. The molecule has 5 heteroatoms. The molecule has 2 N–H and O–H groups in total. The van der Waals surface area contributed by atoms with Crippen LogP contribution < -0.4 is 5.73 Å². The molecule has 0 aliphatic carbocycles. The third-order valence-corrected chi connectivity index (χ3v) is 3.61. The lowest BCUT2D eigenvalue weighted by molar-refractivity contribution is 0.526. The van der Waals surface area contributed by atoms with Crippen LogP contribution in [0.5, 0.6) is 0 Å². The predicted octanol–water partition coefficient (Wildman–Crippen LogP) is 2.63. The van der Waals surface area contributed by atoms with E-state index in [0.717, 1.165) is 40.3 Å². The van der Waals surface area contributed by atoms with Crippen LogP contribution in [-0.4, -0.2) is 14.8 Å². The fourth-order valence-electron chi connectivity index (χ4n) is 2.24. The van der Waals surface area contributed by atoms with Gasteiger partial charge in [0.05, 0.1) is 0 Å². The number of benzene rings is 1. The maximum atomic E-state index is 6.03. The Labute approximate surface area is 108 Å². The summed E-state index contributed by atoms with van der Waals surface area (Å²) in [6.07, 6.45) is 3.41. The predicted molar refractivity (Wildman–Crippen MR) is 70.5 cm³/mol. The van der Waals surface area contributed by atoms with Gasteiger partial charge in [-0.15, -0.1) is 10.2 Å². The SMILES string of the molecule is Nc1cc(Br)ccc1-c1nnc2n1CCCC2. The summed E-state index contributed by atoms with van der Waals surface area (Å²) in [5, 5.41) is 8.52. The third-order valence-electron chi connectivity index (χ3n) is 3.11. The van der Waals surface area contributed by atoms with Gasteiger partial charge in [0, 0.05) is 28.7 Å². The van der Waals surface area contributed by atoms with Gasteiger partial charge < -0.3 is 10.3 Å². The van der Waals surface area contributed by atoms with Crippen LogP contribution in [0.3, 0.4) is 0 Å². The first-order chi connectivity index (χ1) is 8.25. The van der Waals surface area contributed by atoms with Crippen molar-refractivity contribution >= 4 is 21.6 Å². The topological polar surface area (TPSA) is 56.7 Å². The van der Waals surface area contributed by atoms with Crippen LogP contribution >= 0.6 is 15.9 Å². The summed E-state index contributed by atoms with van der Waals surface area (Å²) in [5.41, 5.74) is 7.74. The Morgan fingerprint density at radius 2 is 2.12 bits per heavy atom. The average Bonchev–Trinajstić information content (AvgIpc) is 2.73. The van der Waals surface area contributed by atoms with Crippen molar-refractivity contribution in [2.45, 2.75) is 25.8 Å². The largest absolute Gasteiger partial charge is 0.398 e. The third kappa shape index (κ3) is 1.84. The van der Waals surface area contributed by atoms with E-state index >= 15 is 0 Å². The van der Waals surface area contributed by atoms with Crippen LogP contribution in [0, 0.1) is 0 Å². The highest BCUT2D eigenvalue weighted by atomic mass is 79.9. The van der Waals surface area contributed by atoms with Gasteiger partial charge in [-0.3, -0.25) is 0 Å². The maximum absolute atomic E-state index is 6.03. The van der Waals surface area contributed by atoms with E-state index in [-0.39, 0.29) is 0 Å². The molecule has 0 saturated carbocycles. The van der Waals surface area contributed by atoms with Crippen molar-refractivity contribution in [1.82, 2.24) is 14.8 Å². The molecule has 0 saturated heterocycles. The number of nitrogens with zero attached hydrogens (tertiary/aromatic N) is 3. The number of halogens is 1. The molecule has 0 fully saturated rings. The number of rotatable bonds is 1. The normalized spacial score (nSPS) is 14.6. The molecule has 17 heavy (non-hydrogen) atoms. The van der Waals surface area contributed by atoms with Gasteiger partial charge in [0.1, 0.15) is 5.82 Å². The summed E-state index contributed by atoms with van der Waals surface area (Å²) < 4.78 is 3.17. The van der Waals surface area contributed by atoms with Crippen LogP contribution in [0.15, 0.2) is 22.7 Å². The number of nitrogens with two attached hydrogens (primary N) is 1. The Balaban J connectivity index is 2.12. The lowest BCUT2D eigenvalue weighted by Crippen LogP contribution is -2.11. The second-order valence-electron chi connectivity index (χ2n) is 4.28. The fourth-order valence-corrected chi connectivity index (χ4v) is 2.62. The summed E-state index contributed by atoms with van der Waals surface area (Å²) in [6, 6.07) is 5.88. The van der Waals surface area contributed by atoms with Crippen molar-refractivity contribution in [3.05, 3.63) is 28.5 Å². The molecule has 4 nitrogen and oxygen atoms in total. The molecule has 1 aliphatic rings. The highest BCUT2D eigenvalue weighted by Gasteiger charge is 2.18. The minimum absolute atomic E-state index is 0.736. The van der Waals surface area contributed by atoms with Gasteiger partial charge >= 0.3 is 0 Å². The molecule has 2 aromatic rings. The van der Waals surface area contributed by atoms with Gasteiger partial charge in [-0.25, -0.2) is 0 Å². The minimum atomic E-state index is 0.736. The minimum Gasteiger partial charge on any atom is -0.398 e. The molecule has 0 amide bonds. The first-order valence-electron chi connectivity index (χ1n) is 5.73. The van der Waals surface area contributed by atoms with Gasteiger partial charge in [-0.1, -0.05) is 15.9 Å². The summed E-state index contributed by atoms with van der Waals surface area (Å²) in [6.45, 7) is 0.993. The van der Waals surface area contributed by atoms with E-state index in [4.69, 9.17) is 5.73 Å². The zero-order valence-corrected chi connectivity index (χ0v) is 10.9. The van der Waals surface area contributed by atoms with E-state index in [2.05, 4.69) is 30.7 Å². The molecule has 1 aromatic heterocycles. The van der Waals surface area contributed by atoms with Crippen LogP contribution in [0.25, 0.3) is 11.4 Å². The maximum Gasteiger partial charge on any atom is 0.166 e. The van der Waals surface area contributed by atoms with E-state index in [1.807, 2.05) is 18.2 Å². The van der Waals surface area contributed by atoms with Gasteiger partial charge in [0.15, 0.2) is 5.82 Å². The van der Waals surface area contributed by atoms with E-state index in [1.54, 1.807) is 0 Å². The van der Waals surface area contributed by atoms with Crippen LogP contribution in [0.4, 0.5) is 5.69 Å². The lowest BCUT2D eigenvalue weighted by atomic mass is 10.1. The van der Waals surface area contributed by atoms with E-state index in [0.29, 0.717) is 0 Å². The number of aromatic nitrogens is 3. The number of fused-ring (bicyclic) bond motifs is 1. The average molecular weight is 293 g/mol. The molecule has 0 radical (unpaired) electrons. The van der Waals surface area contributed by atoms with Crippen LogP contribution in [0.2, 0.25) is 0 Å². The van der Waals surface area contributed by atoms with Crippen molar-refractivity contribution < 1.29 is 0 Å². The summed E-state index contributed by atoms with van der Waals surface area (Å²) >= 11 is 3.41. The Hall–Kier alpha value is -1.36. The first kappa shape index (κ1) is 10.8. The number of aryl methyl sites for hydroxylation is 1. The molecule has 3 rings (SSSR count). The molecular weight excluding hydrogens is 280 g/mol. The summed E-state index contributed by atoms with van der Waals surface area (Å²) in [5.74, 6) is 1.97. The van der Waals surface area contributed by atoms with Crippen molar-refractivity contribution in [2.24, 2.45) is 0 Å². The first-order valence-corrected chi connectivity index (χ1v) is 6.52. The Morgan fingerprint density at radius 3 is 2.94 bits per heavy atom. The lowest BCUT2D eigenvalue weighted by Gasteiger charge is -2.15. The molecule has 0 unspecified atom stereocenters. The van der Waals surface area contributed by atoms with Gasteiger partial charge in [-0.2, -0.15) is 0 Å². The number of hydrogen-bond donors (Lipinski definition) is 1. The van der Waals surface area contributed by atoms with E-state index in [1.165, 1.54) is 12.8 Å². The Morgan fingerprint density at radius 1 is 1.24 bits per heavy atom. The van der Waals surface area contributed by atoms with E-state index < -0.39 is 0 Å². The number of nitrogen functional groups attached to an aromatic ring is 1. The molecular formula is C12H13BrN4.